The molecule has 5 aromatic heterocycles. The van der Waals surface area contributed by atoms with Gasteiger partial charge in [-0.2, -0.15) is 5.10 Å². The van der Waals surface area contributed by atoms with Crippen LogP contribution in [0.5, 0.6) is 0 Å². The van der Waals surface area contributed by atoms with E-state index >= 15 is 0 Å². The molecule has 0 N–H and O–H groups in total. The number of thiophene rings is 1. The second kappa shape index (κ2) is 5.46. The molecule has 0 atom stereocenters. The smallest absolute Gasteiger partial charge is 0.204 e. The molecule has 5 aromatic rings. The van der Waals surface area contributed by atoms with E-state index in [4.69, 9.17) is 16.6 Å². The summed E-state index contributed by atoms with van der Waals surface area (Å²) in [6.07, 6.45) is 3.47. The van der Waals surface area contributed by atoms with Crippen LogP contribution >= 0.6 is 22.9 Å². The predicted octanol–water partition coefficient (Wildman–Crippen LogP) is 4.04. The van der Waals surface area contributed by atoms with Crippen molar-refractivity contribution in [1.29, 1.82) is 0 Å². The van der Waals surface area contributed by atoms with Crippen molar-refractivity contribution in [3.05, 3.63) is 34.9 Å². The van der Waals surface area contributed by atoms with Crippen molar-refractivity contribution in [2.45, 2.75) is 27.3 Å². The first-order chi connectivity index (χ1) is 12.5. The highest BCUT2D eigenvalue weighted by molar-refractivity contribution is 7.26. The van der Waals surface area contributed by atoms with Crippen molar-refractivity contribution in [3.63, 3.8) is 0 Å². The van der Waals surface area contributed by atoms with Gasteiger partial charge in [0.1, 0.15) is 15.9 Å². The highest BCUT2D eigenvalue weighted by Gasteiger charge is 2.19. The number of hydrogen-bond acceptors (Lipinski definition) is 6. The molecule has 0 unspecified atom stereocenters. The van der Waals surface area contributed by atoms with Gasteiger partial charge in [-0.25, -0.2) is 19.5 Å². The third kappa shape index (κ3) is 2.15. The Morgan fingerprint density at radius 3 is 2.81 bits per heavy atom. The molecule has 0 aromatic carbocycles. The van der Waals surface area contributed by atoms with Crippen LogP contribution in [0.2, 0.25) is 5.02 Å². The summed E-state index contributed by atoms with van der Waals surface area (Å²) < 4.78 is 4.41. The SMILES string of the molecule is CCn1cc(Cl)c(-c2nc3c4sc5nc(C)cc(C)c5c4ncn3n2)n1. The Morgan fingerprint density at radius 1 is 1.19 bits per heavy atom. The Bertz CT molecular complexity index is 1310. The Balaban J connectivity index is 1.81. The van der Waals surface area contributed by atoms with E-state index in [-0.39, 0.29) is 0 Å². The maximum absolute atomic E-state index is 6.31. The number of fused-ring (bicyclic) bond motifs is 5. The van der Waals surface area contributed by atoms with E-state index in [0.717, 1.165) is 38.3 Å². The van der Waals surface area contributed by atoms with E-state index in [1.807, 2.05) is 13.8 Å². The van der Waals surface area contributed by atoms with Gasteiger partial charge in [0, 0.05) is 23.8 Å². The summed E-state index contributed by atoms with van der Waals surface area (Å²) in [4.78, 5) is 14.9. The molecule has 0 spiro atoms. The van der Waals surface area contributed by atoms with Gasteiger partial charge < -0.3 is 0 Å². The van der Waals surface area contributed by atoms with Gasteiger partial charge in [0.2, 0.25) is 5.82 Å². The fourth-order valence-corrected chi connectivity index (χ4v) is 4.64. The number of aryl methyl sites for hydroxylation is 3. The summed E-state index contributed by atoms with van der Waals surface area (Å²) in [7, 11) is 0. The molecule has 0 bridgehead atoms. The highest BCUT2D eigenvalue weighted by atomic mass is 35.5. The maximum Gasteiger partial charge on any atom is 0.204 e. The first-order valence-corrected chi connectivity index (χ1v) is 9.39. The summed E-state index contributed by atoms with van der Waals surface area (Å²) in [6, 6.07) is 2.08. The van der Waals surface area contributed by atoms with Crippen LogP contribution in [0.25, 0.3) is 37.6 Å². The summed E-state index contributed by atoms with van der Waals surface area (Å²) in [5.74, 6) is 0.495. The van der Waals surface area contributed by atoms with Crippen LogP contribution in [0.3, 0.4) is 0 Å². The number of rotatable bonds is 2. The Morgan fingerprint density at radius 2 is 2.04 bits per heavy atom. The van der Waals surface area contributed by atoms with Crippen LogP contribution in [0.4, 0.5) is 0 Å². The minimum atomic E-state index is 0.495. The lowest BCUT2D eigenvalue weighted by Gasteiger charge is -1.98. The van der Waals surface area contributed by atoms with Crippen molar-refractivity contribution in [2.24, 2.45) is 0 Å². The van der Waals surface area contributed by atoms with Gasteiger partial charge in [0.25, 0.3) is 0 Å². The van der Waals surface area contributed by atoms with E-state index in [1.165, 1.54) is 5.56 Å². The molecular weight excluding hydrogens is 370 g/mol. The van der Waals surface area contributed by atoms with Crippen molar-refractivity contribution in [3.8, 4) is 11.5 Å². The minimum Gasteiger partial charge on any atom is -0.271 e. The van der Waals surface area contributed by atoms with Gasteiger partial charge in [0.15, 0.2) is 11.3 Å². The summed E-state index contributed by atoms with van der Waals surface area (Å²) >= 11 is 7.90. The Kier molecular flexibility index (Phi) is 3.29. The highest BCUT2D eigenvalue weighted by Crippen LogP contribution is 2.36. The van der Waals surface area contributed by atoms with E-state index < -0.39 is 0 Å². The second-order valence-electron chi connectivity index (χ2n) is 6.17. The van der Waals surface area contributed by atoms with E-state index in [0.29, 0.717) is 16.5 Å². The normalized spacial score (nSPS) is 12.0. The monoisotopic (exact) mass is 383 g/mol. The fourth-order valence-electron chi connectivity index (χ4n) is 3.18. The Labute approximate surface area is 157 Å². The largest absolute Gasteiger partial charge is 0.271 e. The van der Waals surface area contributed by atoms with Crippen molar-refractivity contribution in [1.82, 2.24) is 34.3 Å². The van der Waals surface area contributed by atoms with Gasteiger partial charge in [-0.1, -0.05) is 11.6 Å². The van der Waals surface area contributed by atoms with Crippen LogP contribution in [0.15, 0.2) is 18.6 Å². The van der Waals surface area contributed by atoms with Gasteiger partial charge in [-0.3, -0.25) is 4.68 Å². The molecule has 0 fully saturated rings. The standard InChI is InChI=1S/C17H14ClN7S/c1-4-24-6-10(18)12(22-24)15-21-16-14-13(19-7-25(16)23-15)11-8(2)5-9(3)20-17(11)26-14/h5-7H,4H2,1-3H3. The lowest BCUT2D eigenvalue weighted by molar-refractivity contribution is 0.661. The fraction of sp³-hybridized carbons (Fsp3) is 0.235. The molecule has 9 heteroatoms. The summed E-state index contributed by atoms with van der Waals surface area (Å²) in [5, 5.41) is 10.6. The van der Waals surface area contributed by atoms with Gasteiger partial charge in [-0.15, -0.1) is 16.4 Å². The van der Waals surface area contributed by atoms with Gasteiger partial charge in [-0.05, 0) is 32.4 Å². The maximum atomic E-state index is 6.31. The zero-order valence-electron chi connectivity index (χ0n) is 14.4. The molecule has 7 nitrogen and oxygen atoms in total. The third-order valence-corrected chi connectivity index (χ3v) is 5.69. The zero-order valence-corrected chi connectivity index (χ0v) is 15.9. The zero-order chi connectivity index (χ0) is 18.0. The lowest BCUT2D eigenvalue weighted by atomic mass is 10.1. The molecule has 5 rings (SSSR count). The van der Waals surface area contributed by atoms with Crippen LogP contribution in [-0.2, 0) is 6.54 Å². The summed E-state index contributed by atoms with van der Waals surface area (Å²) in [5.41, 5.74) is 4.40. The molecule has 0 aliphatic carbocycles. The number of hydrogen-bond donors (Lipinski definition) is 0. The Hall–Kier alpha value is -2.58. The molecule has 0 saturated carbocycles. The average Bonchev–Trinajstić information content (AvgIpc) is 3.27. The molecule has 0 saturated heterocycles. The van der Waals surface area contributed by atoms with Crippen molar-refractivity contribution < 1.29 is 0 Å². The van der Waals surface area contributed by atoms with E-state index in [2.05, 4.69) is 33.2 Å². The number of aromatic nitrogens is 7. The summed E-state index contributed by atoms with van der Waals surface area (Å²) in [6.45, 7) is 6.83. The molecule has 0 amide bonds. The van der Waals surface area contributed by atoms with Crippen molar-refractivity contribution in [2.75, 3.05) is 0 Å². The number of halogens is 1. The first-order valence-electron chi connectivity index (χ1n) is 8.20. The third-order valence-electron chi connectivity index (χ3n) is 4.35. The lowest BCUT2D eigenvalue weighted by Crippen LogP contribution is -1.94. The minimum absolute atomic E-state index is 0.495. The van der Waals surface area contributed by atoms with Crippen molar-refractivity contribution >= 4 is 49.0 Å². The molecule has 130 valence electrons. The van der Waals surface area contributed by atoms with Crippen LogP contribution in [0, 0.1) is 13.8 Å². The van der Waals surface area contributed by atoms with Crippen LogP contribution in [-0.4, -0.2) is 34.3 Å². The molecule has 0 radical (unpaired) electrons. The van der Waals surface area contributed by atoms with E-state index in [9.17, 15) is 0 Å². The number of pyridine rings is 1. The van der Waals surface area contributed by atoms with Gasteiger partial charge >= 0.3 is 0 Å². The molecule has 26 heavy (non-hydrogen) atoms. The topological polar surface area (TPSA) is 73.8 Å². The van der Waals surface area contributed by atoms with Crippen LogP contribution < -0.4 is 0 Å². The average molecular weight is 384 g/mol. The predicted molar refractivity (Wildman–Crippen MR) is 103 cm³/mol. The molecule has 0 aliphatic rings. The van der Waals surface area contributed by atoms with E-state index in [1.54, 1.807) is 33.1 Å². The number of nitrogens with zero attached hydrogens (tertiary/aromatic N) is 7. The first kappa shape index (κ1) is 15.7. The molecule has 0 aliphatic heterocycles. The molecule has 5 heterocycles. The quantitative estimate of drug-likeness (QED) is 0.460. The second-order valence-corrected chi connectivity index (χ2v) is 7.58. The molecular formula is C17H14ClN7S. The van der Waals surface area contributed by atoms with Gasteiger partial charge in [0.05, 0.1) is 10.5 Å². The van der Waals surface area contributed by atoms with Crippen LogP contribution in [0.1, 0.15) is 18.2 Å².